The lowest BCUT2D eigenvalue weighted by molar-refractivity contribution is 0.102. The van der Waals surface area contributed by atoms with Gasteiger partial charge in [0.2, 0.25) is 10.0 Å². The third-order valence-electron chi connectivity index (χ3n) is 3.38. The van der Waals surface area contributed by atoms with Gasteiger partial charge in [0.1, 0.15) is 5.76 Å². The highest BCUT2D eigenvalue weighted by Crippen LogP contribution is 2.13. The topological polar surface area (TPSA) is 101 Å². The fraction of sp³-hybridized carbons (Fsp3) is 0.0588. The maximum Gasteiger partial charge on any atom is 0.255 e. The number of carbonyl (C=O) groups is 1. The lowest BCUT2D eigenvalue weighted by Gasteiger charge is -2.07. The largest absolute Gasteiger partial charge is 0.468 e. The molecule has 25 heavy (non-hydrogen) atoms. The Labute approximate surface area is 144 Å². The van der Waals surface area contributed by atoms with Gasteiger partial charge in [0.25, 0.3) is 5.91 Å². The number of nitrogens with one attached hydrogen (secondary N) is 2. The van der Waals surface area contributed by atoms with E-state index in [2.05, 4.69) is 15.0 Å². The second kappa shape index (κ2) is 7.29. The quantitative estimate of drug-likeness (QED) is 0.705. The number of rotatable bonds is 6. The molecule has 1 aromatic carbocycles. The Hall–Kier alpha value is -2.97. The lowest BCUT2D eigenvalue weighted by Crippen LogP contribution is -2.23. The van der Waals surface area contributed by atoms with E-state index in [0.29, 0.717) is 17.0 Å². The van der Waals surface area contributed by atoms with Crippen LogP contribution in [0.4, 0.5) is 5.69 Å². The van der Waals surface area contributed by atoms with Gasteiger partial charge in [-0.2, -0.15) is 0 Å². The van der Waals surface area contributed by atoms with E-state index in [1.165, 1.54) is 30.5 Å². The van der Waals surface area contributed by atoms with Crippen LogP contribution in [-0.2, 0) is 16.6 Å². The molecule has 1 amide bonds. The Kier molecular flexibility index (Phi) is 4.92. The van der Waals surface area contributed by atoms with Crippen molar-refractivity contribution >= 4 is 21.6 Å². The molecule has 0 fully saturated rings. The van der Waals surface area contributed by atoms with Crippen LogP contribution >= 0.6 is 0 Å². The van der Waals surface area contributed by atoms with E-state index in [1.807, 2.05) is 0 Å². The standard InChI is InChI=1S/C17H15N3O4S/c21-17(20-14-7-9-18-10-8-14)13-3-5-16(6-4-13)25(22,23)19-12-15-2-1-11-24-15/h1-11,19H,12H2,(H,18,20,21). The molecule has 0 bridgehead atoms. The van der Waals surface area contributed by atoms with Crippen LogP contribution in [0.3, 0.4) is 0 Å². The molecule has 0 atom stereocenters. The number of furan rings is 1. The number of carbonyl (C=O) groups excluding carboxylic acids is 1. The molecule has 0 unspecified atom stereocenters. The van der Waals surface area contributed by atoms with Gasteiger partial charge in [-0.1, -0.05) is 0 Å². The maximum absolute atomic E-state index is 12.2. The number of sulfonamides is 1. The molecule has 2 N–H and O–H groups in total. The number of pyridine rings is 1. The SMILES string of the molecule is O=C(Nc1ccncc1)c1ccc(S(=O)(=O)NCc2ccco2)cc1. The van der Waals surface area contributed by atoms with Crippen LogP contribution < -0.4 is 10.0 Å². The van der Waals surface area contributed by atoms with Gasteiger partial charge in [0, 0.05) is 23.6 Å². The van der Waals surface area contributed by atoms with E-state index in [0.717, 1.165) is 0 Å². The smallest absolute Gasteiger partial charge is 0.255 e. The number of nitrogens with zero attached hydrogens (tertiary/aromatic N) is 1. The van der Waals surface area contributed by atoms with Gasteiger partial charge < -0.3 is 9.73 Å². The summed E-state index contributed by atoms with van der Waals surface area (Å²) >= 11 is 0. The van der Waals surface area contributed by atoms with Crippen molar-refractivity contribution in [2.24, 2.45) is 0 Å². The molecule has 3 rings (SSSR count). The summed E-state index contributed by atoms with van der Waals surface area (Å²) in [4.78, 5) is 16.1. The van der Waals surface area contributed by atoms with Crippen molar-refractivity contribution in [3.63, 3.8) is 0 Å². The van der Waals surface area contributed by atoms with E-state index < -0.39 is 10.0 Å². The first kappa shape index (κ1) is 16.9. The Bertz CT molecular complexity index is 937. The van der Waals surface area contributed by atoms with Gasteiger partial charge in [-0.05, 0) is 48.5 Å². The Balaban J connectivity index is 1.67. The molecule has 3 aromatic rings. The molecule has 2 aromatic heterocycles. The zero-order valence-electron chi connectivity index (χ0n) is 13.0. The van der Waals surface area contributed by atoms with Gasteiger partial charge in [-0.3, -0.25) is 9.78 Å². The van der Waals surface area contributed by atoms with Gasteiger partial charge >= 0.3 is 0 Å². The van der Waals surface area contributed by atoms with Crippen LogP contribution in [0.2, 0.25) is 0 Å². The van der Waals surface area contributed by atoms with Crippen LogP contribution in [0.25, 0.3) is 0 Å². The fourth-order valence-corrected chi connectivity index (χ4v) is 3.08. The number of hydrogen-bond donors (Lipinski definition) is 2. The van der Waals surface area contributed by atoms with E-state index >= 15 is 0 Å². The summed E-state index contributed by atoms with van der Waals surface area (Å²) in [6.07, 6.45) is 4.60. The first-order chi connectivity index (χ1) is 12.0. The number of anilines is 1. The van der Waals surface area contributed by atoms with Gasteiger partial charge in [0.05, 0.1) is 17.7 Å². The normalized spacial score (nSPS) is 11.2. The zero-order valence-corrected chi connectivity index (χ0v) is 13.9. The fourth-order valence-electron chi connectivity index (χ4n) is 2.09. The van der Waals surface area contributed by atoms with Crippen LogP contribution in [0.5, 0.6) is 0 Å². The van der Waals surface area contributed by atoms with Crippen molar-refractivity contribution in [1.82, 2.24) is 9.71 Å². The highest BCUT2D eigenvalue weighted by Gasteiger charge is 2.15. The summed E-state index contributed by atoms with van der Waals surface area (Å²) in [6, 6.07) is 12.4. The molecule has 0 radical (unpaired) electrons. The summed E-state index contributed by atoms with van der Waals surface area (Å²) in [6.45, 7) is 0.0552. The summed E-state index contributed by atoms with van der Waals surface area (Å²) in [5.74, 6) is 0.176. The zero-order chi connectivity index (χ0) is 17.7. The van der Waals surface area contributed by atoms with Gasteiger partial charge in [-0.25, -0.2) is 13.1 Å². The van der Waals surface area contributed by atoms with Crippen molar-refractivity contribution in [3.8, 4) is 0 Å². The molecular weight excluding hydrogens is 342 g/mol. The molecule has 0 saturated carbocycles. The number of hydrogen-bond acceptors (Lipinski definition) is 5. The summed E-state index contributed by atoms with van der Waals surface area (Å²) in [5, 5.41) is 2.70. The predicted molar refractivity (Wildman–Crippen MR) is 91.4 cm³/mol. The second-order valence-electron chi connectivity index (χ2n) is 5.12. The van der Waals surface area contributed by atoms with Gasteiger partial charge in [-0.15, -0.1) is 0 Å². The van der Waals surface area contributed by atoms with Crippen LogP contribution in [0.1, 0.15) is 16.1 Å². The van der Waals surface area contributed by atoms with E-state index in [9.17, 15) is 13.2 Å². The third-order valence-corrected chi connectivity index (χ3v) is 4.80. The Morgan fingerprint density at radius 3 is 2.40 bits per heavy atom. The predicted octanol–water partition coefficient (Wildman–Crippen LogP) is 2.41. The molecule has 0 aliphatic carbocycles. The molecular formula is C17H15N3O4S. The second-order valence-corrected chi connectivity index (χ2v) is 6.89. The first-order valence-corrected chi connectivity index (χ1v) is 8.86. The number of aromatic nitrogens is 1. The number of benzene rings is 1. The van der Waals surface area contributed by atoms with Crippen LogP contribution in [0, 0.1) is 0 Å². The van der Waals surface area contributed by atoms with Crippen molar-refractivity contribution in [1.29, 1.82) is 0 Å². The highest BCUT2D eigenvalue weighted by molar-refractivity contribution is 7.89. The van der Waals surface area contributed by atoms with Crippen molar-refractivity contribution in [2.75, 3.05) is 5.32 Å². The van der Waals surface area contributed by atoms with Gasteiger partial charge in [0.15, 0.2) is 0 Å². The Morgan fingerprint density at radius 1 is 1.04 bits per heavy atom. The summed E-state index contributed by atoms with van der Waals surface area (Å²) < 4.78 is 32.0. The molecule has 0 aliphatic heterocycles. The van der Waals surface area contributed by atoms with E-state index in [-0.39, 0.29) is 17.3 Å². The van der Waals surface area contributed by atoms with Crippen molar-refractivity contribution in [3.05, 3.63) is 78.5 Å². The molecule has 0 spiro atoms. The third kappa shape index (κ3) is 4.31. The maximum atomic E-state index is 12.2. The number of amides is 1. The average Bonchev–Trinajstić information content (AvgIpc) is 3.15. The molecule has 0 aliphatic rings. The van der Waals surface area contributed by atoms with E-state index in [1.54, 1.807) is 36.7 Å². The summed E-state index contributed by atoms with van der Waals surface area (Å²) in [5.41, 5.74) is 0.957. The Morgan fingerprint density at radius 2 is 1.76 bits per heavy atom. The lowest BCUT2D eigenvalue weighted by atomic mass is 10.2. The molecule has 7 nitrogen and oxygen atoms in total. The first-order valence-electron chi connectivity index (χ1n) is 7.38. The molecule has 128 valence electrons. The minimum atomic E-state index is -3.69. The van der Waals surface area contributed by atoms with E-state index in [4.69, 9.17) is 4.42 Å². The van der Waals surface area contributed by atoms with Crippen molar-refractivity contribution in [2.45, 2.75) is 11.4 Å². The minimum Gasteiger partial charge on any atom is -0.468 e. The monoisotopic (exact) mass is 357 g/mol. The molecule has 0 saturated heterocycles. The van der Waals surface area contributed by atoms with Crippen molar-refractivity contribution < 1.29 is 17.6 Å². The van der Waals surface area contributed by atoms with Crippen LogP contribution in [-0.4, -0.2) is 19.3 Å². The average molecular weight is 357 g/mol. The molecule has 8 heteroatoms. The summed E-state index contributed by atoms with van der Waals surface area (Å²) in [7, 11) is -3.69. The minimum absolute atomic E-state index is 0.0552. The highest BCUT2D eigenvalue weighted by atomic mass is 32.2. The van der Waals surface area contributed by atoms with Crippen LogP contribution in [0.15, 0.2) is 76.5 Å². The molecule has 2 heterocycles.